The minimum atomic E-state index is -0.271. The molecule has 0 aromatic carbocycles. The molecule has 148 valence electrons. The van der Waals surface area contributed by atoms with Gasteiger partial charge in [-0.1, -0.05) is 70.4 Å². The van der Waals surface area contributed by atoms with Crippen LogP contribution < -0.4 is 0 Å². The van der Waals surface area contributed by atoms with Crippen molar-refractivity contribution in [3.8, 4) is 0 Å². The molecule has 0 amide bonds. The summed E-state index contributed by atoms with van der Waals surface area (Å²) in [5, 5.41) is 9.69. The van der Waals surface area contributed by atoms with Crippen LogP contribution in [0, 0.1) is 0 Å². The molecule has 1 N–H and O–H groups in total. The van der Waals surface area contributed by atoms with E-state index in [9.17, 15) is 9.90 Å². The van der Waals surface area contributed by atoms with Gasteiger partial charge in [0.1, 0.15) is 6.61 Å². The second kappa shape index (κ2) is 19.5. The summed E-state index contributed by atoms with van der Waals surface area (Å²) in [6.07, 6.45) is 17.9. The van der Waals surface area contributed by atoms with E-state index in [1.165, 1.54) is 44.9 Å². The van der Waals surface area contributed by atoms with Crippen LogP contribution in [0.4, 0.5) is 0 Å². The first-order valence-electron chi connectivity index (χ1n) is 10.3. The fourth-order valence-electron chi connectivity index (χ4n) is 2.65. The van der Waals surface area contributed by atoms with Crippen LogP contribution in [0.25, 0.3) is 0 Å². The second-order valence-corrected chi connectivity index (χ2v) is 6.61. The van der Waals surface area contributed by atoms with E-state index in [2.05, 4.69) is 13.0 Å². The zero-order valence-corrected chi connectivity index (χ0v) is 16.5. The molecule has 0 saturated carbocycles. The van der Waals surface area contributed by atoms with Gasteiger partial charge in [0.2, 0.25) is 0 Å². The Morgan fingerprint density at radius 3 is 2.24 bits per heavy atom. The Morgan fingerprint density at radius 1 is 0.960 bits per heavy atom. The summed E-state index contributed by atoms with van der Waals surface area (Å²) in [5.74, 6) is -0.271. The molecule has 0 aromatic heterocycles. The number of hydrogen-bond acceptors (Lipinski definition) is 4. The van der Waals surface area contributed by atoms with Crippen molar-refractivity contribution in [2.45, 2.75) is 97.0 Å². The Bertz CT molecular complexity index is 315. The molecule has 25 heavy (non-hydrogen) atoms. The summed E-state index contributed by atoms with van der Waals surface area (Å²) in [5.41, 5.74) is 0. The third kappa shape index (κ3) is 19.3. The van der Waals surface area contributed by atoms with Crippen molar-refractivity contribution in [3.63, 3.8) is 0 Å². The van der Waals surface area contributed by atoms with Gasteiger partial charge in [0.05, 0.1) is 12.7 Å². The van der Waals surface area contributed by atoms with Crippen LogP contribution in [0.3, 0.4) is 0 Å². The Kier molecular flexibility index (Phi) is 18.8. The molecule has 0 aliphatic rings. The number of carbonyl (C=O) groups is 1. The number of aliphatic hydroxyl groups excluding tert-OH is 1. The summed E-state index contributed by atoms with van der Waals surface area (Å²) < 4.78 is 10.1. The van der Waals surface area contributed by atoms with Crippen molar-refractivity contribution in [2.24, 2.45) is 0 Å². The third-order valence-electron chi connectivity index (χ3n) is 4.15. The summed E-state index contributed by atoms with van der Waals surface area (Å²) in [4.78, 5) is 11.1. The van der Waals surface area contributed by atoms with E-state index < -0.39 is 0 Å². The lowest BCUT2D eigenvalue weighted by Crippen LogP contribution is -2.12. The fraction of sp³-hybridized carbons (Fsp3) is 0.857. The number of hydrogen-bond donors (Lipinski definition) is 1. The molecule has 0 heterocycles. The van der Waals surface area contributed by atoms with E-state index in [1.54, 1.807) is 6.92 Å². The quantitative estimate of drug-likeness (QED) is 0.209. The molecule has 0 radical (unpaired) electrons. The summed E-state index contributed by atoms with van der Waals surface area (Å²) in [6, 6.07) is 0. The zero-order valence-electron chi connectivity index (χ0n) is 16.5. The van der Waals surface area contributed by atoms with E-state index in [1.807, 2.05) is 6.08 Å². The standard InChI is InChI=1S/C21H40O4/c1-3-5-16-20(22)17-14-12-10-8-6-7-9-11-13-15-18-24-19-21(23)25-4-2/h14,17,20,22H,3-13,15-16,18-19H2,1-2H3/t20-/m1/s1. The molecule has 0 unspecified atom stereocenters. The van der Waals surface area contributed by atoms with Crippen LogP contribution in [0.5, 0.6) is 0 Å². The minimum absolute atomic E-state index is 0.0813. The van der Waals surface area contributed by atoms with E-state index in [0.717, 1.165) is 32.1 Å². The number of unbranched alkanes of at least 4 members (excludes halogenated alkanes) is 9. The summed E-state index contributed by atoms with van der Waals surface area (Å²) >= 11 is 0. The largest absolute Gasteiger partial charge is 0.464 e. The van der Waals surface area contributed by atoms with Crippen molar-refractivity contribution >= 4 is 5.97 Å². The van der Waals surface area contributed by atoms with Crippen LogP contribution >= 0.6 is 0 Å². The minimum Gasteiger partial charge on any atom is -0.464 e. The molecule has 0 aliphatic heterocycles. The van der Waals surface area contributed by atoms with Crippen molar-refractivity contribution < 1.29 is 19.4 Å². The maximum absolute atomic E-state index is 11.1. The Labute approximate surface area is 155 Å². The van der Waals surface area contributed by atoms with Gasteiger partial charge in [0, 0.05) is 6.61 Å². The van der Waals surface area contributed by atoms with Gasteiger partial charge in [-0.3, -0.25) is 0 Å². The van der Waals surface area contributed by atoms with Crippen LogP contribution in [-0.2, 0) is 14.3 Å². The van der Waals surface area contributed by atoms with Crippen molar-refractivity contribution in [2.75, 3.05) is 19.8 Å². The SMILES string of the molecule is CCCC[C@@H](O)C=CCCCCCCCCCCOCC(=O)OCC. The molecule has 0 aliphatic carbocycles. The predicted molar refractivity (Wildman–Crippen MR) is 104 cm³/mol. The maximum Gasteiger partial charge on any atom is 0.332 e. The van der Waals surface area contributed by atoms with Crippen LogP contribution in [-0.4, -0.2) is 37.0 Å². The Morgan fingerprint density at radius 2 is 1.60 bits per heavy atom. The molecule has 0 saturated heterocycles. The van der Waals surface area contributed by atoms with Crippen molar-refractivity contribution in [3.05, 3.63) is 12.2 Å². The van der Waals surface area contributed by atoms with E-state index in [-0.39, 0.29) is 18.7 Å². The Hall–Kier alpha value is -0.870. The molecule has 0 rings (SSSR count). The highest BCUT2D eigenvalue weighted by atomic mass is 16.6. The molecule has 0 spiro atoms. The lowest BCUT2D eigenvalue weighted by Gasteiger charge is -2.04. The van der Waals surface area contributed by atoms with Crippen molar-refractivity contribution in [1.82, 2.24) is 0 Å². The number of esters is 1. The van der Waals surface area contributed by atoms with Crippen LogP contribution in [0.15, 0.2) is 12.2 Å². The van der Waals surface area contributed by atoms with E-state index >= 15 is 0 Å². The van der Waals surface area contributed by atoms with Gasteiger partial charge in [-0.05, 0) is 32.6 Å². The summed E-state index contributed by atoms with van der Waals surface area (Å²) in [6.45, 7) is 5.09. The fourth-order valence-corrected chi connectivity index (χ4v) is 2.65. The molecule has 0 fully saturated rings. The lowest BCUT2D eigenvalue weighted by atomic mass is 10.1. The molecule has 0 aromatic rings. The number of ether oxygens (including phenoxy) is 2. The molecular weight excluding hydrogens is 316 g/mol. The molecule has 4 heteroatoms. The number of allylic oxidation sites excluding steroid dienone is 1. The first-order valence-corrected chi connectivity index (χ1v) is 10.3. The highest BCUT2D eigenvalue weighted by Gasteiger charge is 2.00. The normalized spacial score (nSPS) is 12.6. The second-order valence-electron chi connectivity index (χ2n) is 6.61. The van der Waals surface area contributed by atoms with Gasteiger partial charge in [0.25, 0.3) is 0 Å². The smallest absolute Gasteiger partial charge is 0.332 e. The molecule has 4 nitrogen and oxygen atoms in total. The average Bonchev–Trinajstić information content (AvgIpc) is 2.60. The lowest BCUT2D eigenvalue weighted by molar-refractivity contribution is -0.148. The van der Waals surface area contributed by atoms with Gasteiger partial charge < -0.3 is 14.6 Å². The van der Waals surface area contributed by atoms with Gasteiger partial charge in [-0.2, -0.15) is 0 Å². The topological polar surface area (TPSA) is 55.8 Å². The molecule has 0 bridgehead atoms. The molecule has 1 atom stereocenters. The van der Waals surface area contributed by atoms with Gasteiger partial charge in [0.15, 0.2) is 0 Å². The summed E-state index contributed by atoms with van der Waals surface area (Å²) in [7, 11) is 0. The monoisotopic (exact) mass is 356 g/mol. The number of rotatable bonds is 18. The molecular formula is C21H40O4. The van der Waals surface area contributed by atoms with E-state index in [0.29, 0.717) is 13.2 Å². The first kappa shape index (κ1) is 24.1. The Balaban J connectivity index is 3.19. The third-order valence-corrected chi connectivity index (χ3v) is 4.15. The van der Waals surface area contributed by atoms with Gasteiger partial charge >= 0.3 is 5.97 Å². The predicted octanol–water partition coefficient (Wildman–Crippen LogP) is 5.18. The van der Waals surface area contributed by atoms with E-state index in [4.69, 9.17) is 9.47 Å². The van der Waals surface area contributed by atoms with Crippen LogP contribution in [0.2, 0.25) is 0 Å². The van der Waals surface area contributed by atoms with Crippen molar-refractivity contribution in [1.29, 1.82) is 0 Å². The highest BCUT2D eigenvalue weighted by molar-refractivity contribution is 5.70. The zero-order chi connectivity index (χ0) is 18.6. The number of carbonyl (C=O) groups excluding carboxylic acids is 1. The number of aliphatic hydroxyl groups is 1. The highest BCUT2D eigenvalue weighted by Crippen LogP contribution is 2.10. The van der Waals surface area contributed by atoms with Gasteiger partial charge in [-0.25, -0.2) is 4.79 Å². The first-order chi connectivity index (χ1) is 12.2. The van der Waals surface area contributed by atoms with Gasteiger partial charge in [-0.15, -0.1) is 0 Å². The van der Waals surface area contributed by atoms with Crippen LogP contribution in [0.1, 0.15) is 90.9 Å². The average molecular weight is 357 g/mol. The maximum atomic E-state index is 11.1.